The van der Waals surface area contributed by atoms with Crippen LogP contribution in [-0.2, 0) is 52.2 Å². The third-order valence-electron chi connectivity index (χ3n) is 8.62. The van der Waals surface area contributed by atoms with Gasteiger partial charge in [0.2, 0.25) is 10.4 Å². The first-order valence-electron chi connectivity index (χ1n) is 16.2. The zero-order valence-corrected chi connectivity index (χ0v) is 31.5. The van der Waals surface area contributed by atoms with E-state index >= 15 is 0 Å². The quantitative estimate of drug-likeness (QED) is 0.0175. The van der Waals surface area contributed by atoms with E-state index in [4.69, 9.17) is 25.2 Å². The predicted molar refractivity (Wildman–Crippen MR) is 186 cm³/mol. The maximum absolute atomic E-state index is 13.5. The number of quaternary nitrogens is 1. The van der Waals surface area contributed by atoms with Crippen LogP contribution in [0.25, 0.3) is 11.1 Å². The van der Waals surface area contributed by atoms with Gasteiger partial charge in [-0.15, -0.1) is 11.3 Å². The lowest BCUT2D eigenvalue weighted by molar-refractivity contribution is -0.659. The van der Waals surface area contributed by atoms with Crippen LogP contribution in [0.1, 0.15) is 38.4 Å². The number of aliphatic hydroxyl groups is 1. The average molecular weight is 810 g/mol. The maximum atomic E-state index is 13.5. The molecule has 24 heteroatoms. The number of nitrogens with zero attached hydrogens (tertiary/aromatic N) is 5. The van der Waals surface area contributed by atoms with E-state index in [1.807, 2.05) is 19.3 Å². The van der Waals surface area contributed by atoms with Crippen LogP contribution in [0.4, 0.5) is 11.1 Å². The van der Waals surface area contributed by atoms with Gasteiger partial charge in [0.15, 0.2) is 16.9 Å². The van der Waals surface area contributed by atoms with Crippen LogP contribution < -0.4 is 36.5 Å². The molecule has 3 aromatic rings. The van der Waals surface area contributed by atoms with Crippen molar-refractivity contribution in [2.24, 2.45) is 12.2 Å². The van der Waals surface area contributed by atoms with Crippen molar-refractivity contribution in [3.05, 3.63) is 47.2 Å². The Morgan fingerprint density at radius 3 is 2.62 bits per heavy atom. The van der Waals surface area contributed by atoms with Gasteiger partial charge in [0.25, 0.3) is 17.4 Å². The second-order valence-corrected chi connectivity index (χ2v) is 14.7. The van der Waals surface area contributed by atoms with E-state index in [0.29, 0.717) is 36.3 Å². The number of hydroxylamine groups is 2. The molecule has 1 aromatic carbocycles. The summed E-state index contributed by atoms with van der Waals surface area (Å²) in [5, 5.41) is 39.4. The van der Waals surface area contributed by atoms with Crippen LogP contribution >= 0.6 is 11.3 Å². The summed E-state index contributed by atoms with van der Waals surface area (Å²) < 4.78 is 45.4. The fourth-order valence-corrected chi connectivity index (χ4v) is 6.50. The van der Waals surface area contributed by atoms with Gasteiger partial charge in [-0.3, -0.25) is 14.9 Å². The molecule has 0 spiro atoms. The van der Waals surface area contributed by atoms with Crippen molar-refractivity contribution in [3.63, 3.8) is 0 Å². The number of benzene rings is 1. The van der Waals surface area contributed by atoms with Gasteiger partial charge in [-0.25, -0.2) is 22.8 Å². The van der Waals surface area contributed by atoms with Crippen molar-refractivity contribution in [1.82, 2.24) is 20.3 Å². The third kappa shape index (κ3) is 9.59. The fraction of sp³-hybridized carbons (Fsp3) is 0.419. The number of ether oxygens (including phenoxy) is 1. The van der Waals surface area contributed by atoms with E-state index in [2.05, 4.69) is 35.8 Å². The number of β-lactam (4-membered cyclic amide) rings is 1. The molecule has 5 rings (SSSR count). The number of aromatic nitrogens is 3. The summed E-state index contributed by atoms with van der Waals surface area (Å²) in [6.45, 7) is 4.08. The lowest BCUT2D eigenvalue weighted by Gasteiger charge is -2.51. The Morgan fingerprint density at radius 1 is 1.36 bits per heavy atom. The minimum Gasteiger partial charge on any atom is -0.724 e. The smallest absolute Gasteiger partial charge is 0.391 e. The van der Waals surface area contributed by atoms with Crippen LogP contribution in [0, 0.1) is 0 Å². The number of nitrogens with two attached hydrogens (primary N) is 1. The highest BCUT2D eigenvalue weighted by Gasteiger charge is 2.57. The molecule has 2 amide bonds. The summed E-state index contributed by atoms with van der Waals surface area (Å²) in [6.07, 6.45) is 2.47. The van der Waals surface area contributed by atoms with Crippen molar-refractivity contribution < 1.29 is 71.6 Å². The van der Waals surface area contributed by atoms with E-state index in [-0.39, 0.29) is 17.2 Å². The second kappa shape index (κ2) is 16.9. The fourth-order valence-electron chi connectivity index (χ4n) is 5.50. The van der Waals surface area contributed by atoms with Gasteiger partial charge < -0.3 is 51.0 Å². The summed E-state index contributed by atoms with van der Waals surface area (Å²) in [5.41, 5.74) is 7.63. The largest absolute Gasteiger partial charge is 0.724 e. The topological polar surface area (TPSA) is 340 Å². The number of nitrogen functional groups attached to an aromatic ring is 1. The number of rotatable bonds is 14. The monoisotopic (exact) mass is 809 g/mol. The number of aliphatic hydroxyl groups excluding tert-OH is 1. The maximum Gasteiger partial charge on any atom is 0.391 e. The highest BCUT2D eigenvalue weighted by atomic mass is 32.3. The van der Waals surface area contributed by atoms with Crippen LogP contribution in [0.2, 0.25) is 0 Å². The molecule has 4 atom stereocenters. The minimum absolute atomic E-state index is 0.0464. The standard InChI is InChI=1S/C30H37N9O11S2.CH2O2/c1-29(2)23(25(42)39(29)50-52(45,46)47)36-24(41)22(19-14-51-27(32)35-19)37-49-30(3,26(43)44)21-8-6-16-9-15(5-7-20(16)48-21)17-11-33-28(38(4)13-17)34-12-18(40)10-31;2-1-3/h5,7,9,11,13-14,18,21,23,40H,6,8,10,12,31H2,1-4H3,(H5,32,35,36,41,43,44,45,46,47);1H,(H,2,3)/b37-22-;/t18-,21-,23-,30+;/m1./s1. The summed E-state index contributed by atoms with van der Waals surface area (Å²) in [5.74, 6) is -2.55. The molecule has 55 heavy (non-hydrogen) atoms. The molecule has 0 saturated carbocycles. The Morgan fingerprint density at radius 2 is 2.05 bits per heavy atom. The van der Waals surface area contributed by atoms with Crippen molar-refractivity contribution in [1.29, 1.82) is 0 Å². The average Bonchev–Trinajstić information content (AvgIpc) is 3.56. The van der Waals surface area contributed by atoms with Crippen LogP contribution in [-0.4, -0.2) is 111 Å². The summed E-state index contributed by atoms with van der Waals surface area (Å²) in [6, 6.07) is 4.04. The first-order chi connectivity index (χ1) is 25.7. The molecule has 1 saturated heterocycles. The first kappa shape index (κ1) is 42.2. The number of carbonyl (C=O) groups excluding carboxylic acids is 3. The van der Waals surface area contributed by atoms with Gasteiger partial charge in [0.1, 0.15) is 36.3 Å². The molecule has 0 unspecified atom stereocenters. The van der Waals surface area contributed by atoms with Gasteiger partial charge in [-0.1, -0.05) is 16.2 Å². The highest BCUT2D eigenvalue weighted by molar-refractivity contribution is 7.80. The normalized spacial score (nSPS) is 19.2. The van der Waals surface area contributed by atoms with Crippen LogP contribution in [0.3, 0.4) is 0 Å². The number of amides is 2. The van der Waals surface area contributed by atoms with E-state index in [1.165, 1.54) is 26.2 Å². The first-order valence-corrected chi connectivity index (χ1v) is 18.4. The number of nitrogens with one attached hydrogen (secondary N) is 2. The van der Waals surface area contributed by atoms with Crippen molar-refractivity contribution >= 4 is 62.8 Å². The molecule has 298 valence electrons. The number of fused-ring (bicyclic) bond motifs is 1. The van der Waals surface area contributed by atoms with E-state index in [1.54, 1.807) is 22.9 Å². The van der Waals surface area contributed by atoms with Gasteiger partial charge in [0, 0.05) is 17.4 Å². The molecular weight excluding hydrogens is 771 g/mol. The number of anilines is 2. The minimum atomic E-state index is -5.29. The van der Waals surface area contributed by atoms with Gasteiger partial charge in [-0.2, -0.15) is 9.35 Å². The summed E-state index contributed by atoms with van der Waals surface area (Å²) in [4.78, 5) is 61.1. The molecule has 4 heterocycles. The molecule has 0 radical (unpaired) electrons. The lowest BCUT2D eigenvalue weighted by Crippen LogP contribution is -2.76. The van der Waals surface area contributed by atoms with Gasteiger partial charge >= 0.3 is 11.9 Å². The number of aryl methyl sites for hydroxylation is 2. The Bertz CT molecular complexity index is 2080. The van der Waals surface area contributed by atoms with Crippen LogP contribution in [0.15, 0.2) is 41.1 Å². The zero-order chi connectivity index (χ0) is 40.9. The molecule has 0 bridgehead atoms. The number of hydrogen-bond acceptors (Lipinski definition) is 18. The molecule has 0 aliphatic carbocycles. The van der Waals surface area contributed by atoms with Gasteiger partial charge in [0.05, 0.1) is 25.3 Å². The SMILES string of the molecule is C[n+]1cc(-c2ccc3c(c2)CC[C@H]([C@](C)(O/N=C(\C(=O)N[C@@H]2C(=O)N(OS(=O)(=O)[O-])C2(C)C)c2csc(N)n2)C(=O)O)O3)cnc1NC[C@H](O)C[NH3+].O=C[O-]. The van der Waals surface area contributed by atoms with E-state index in [0.717, 1.165) is 28.0 Å². The zero-order valence-electron chi connectivity index (χ0n) is 29.8. The molecule has 2 aliphatic heterocycles. The molecule has 9 N–H and O–H groups in total. The van der Waals surface area contributed by atoms with Crippen LogP contribution in [0.5, 0.6) is 5.75 Å². The number of carboxylic acids is 1. The van der Waals surface area contributed by atoms with Crippen molar-refractivity contribution in [2.75, 3.05) is 24.1 Å². The lowest BCUT2D eigenvalue weighted by atomic mass is 9.84. The Balaban J connectivity index is 0.00000217. The van der Waals surface area contributed by atoms with Crippen molar-refractivity contribution in [2.45, 2.75) is 63.0 Å². The Labute approximate surface area is 317 Å². The van der Waals surface area contributed by atoms with Crippen molar-refractivity contribution in [3.8, 4) is 16.9 Å². The summed E-state index contributed by atoms with van der Waals surface area (Å²) >= 11 is 0.954. The summed E-state index contributed by atoms with van der Waals surface area (Å²) in [7, 11) is -3.47. The highest BCUT2D eigenvalue weighted by Crippen LogP contribution is 2.37. The number of carbonyl (C=O) groups is 4. The molecule has 22 nitrogen and oxygen atoms in total. The number of hydrogen-bond donors (Lipinski definition) is 6. The van der Waals surface area contributed by atoms with E-state index < -0.39 is 69.8 Å². The molecule has 2 aromatic heterocycles. The Hall–Kier alpha value is -5.53. The predicted octanol–water partition coefficient (Wildman–Crippen LogP) is -3.55. The number of aliphatic carboxylic acids is 1. The number of thiazole rings is 1. The molecular formula is C31H39N9O13S2. The Kier molecular flexibility index (Phi) is 12.9. The van der Waals surface area contributed by atoms with Gasteiger partial charge in [-0.05, 0) is 56.9 Å². The second-order valence-electron chi connectivity index (χ2n) is 12.9. The molecule has 1 fully saturated rings. The van der Waals surface area contributed by atoms with E-state index in [9.17, 15) is 37.6 Å². The number of oxime groups is 1. The molecule has 2 aliphatic rings. The number of carboxylic acid groups (broad SMARTS) is 2. The third-order valence-corrected chi connectivity index (χ3v) is 9.63.